The first-order valence-electron chi connectivity index (χ1n) is 5.17. The molecule has 0 bridgehead atoms. The highest BCUT2D eigenvalue weighted by Crippen LogP contribution is 2.19. The van der Waals surface area contributed by atoms with Crippen LogP contribution in [0, 0.1) is 23.4 Å². The SMILES string of the molecule is CSCC[C@H](C)Cc1cc(F)c(F)cc1F. The fourth-order valence-corrected chi connectivity index (χ4v) is 2.15. The van der Waals surface area contributed by atoms with E-state index in [4.69, 9.17) is 0 Å². The molecule has 0 heterocycles. The third-order valence-electron chi connectivity index (χ3n) is 2.47. The van der Waals surface area contributed by atoms with Crippen molar-refractivity contribution in [2.24, 2.45) is 5.92 Å². The normalized spacial score (nSPS) is 12.8. The fourth-order valence-electron chi connectivity index (χ4n) is 1.52. The molecule has 0 amide bonds. The molecule has 0 radical (unpaired) electrons. The van der Waals surface area contributed by atoms with Gasteiger partial charge in [-0.05, 0) is 42.4 Å². The van der Waals surface area contributed by atoms with Crippen molar-refractivity contribution in [1.29, 1.82) is 0 Å². The summed E-state index contributed by atoms with van der Waals surface area (Å²) in [6.45, 7) is 1.98. The highest BCUT2D eigenvalue weighted by atomic mass is 32.2. The van der Waals surface area contributed by atoms with Gasteiger partial charge in [0.15, 0.2) is 11.6 Å². The van der Waals surface area contributed by atoms with Crippen molar-refractivity contribution >= 4 is 11.8 Å². The quantitative estimate of drug-likeness (QED) is 0.709. The lowest BCUT2D eigenvalue weighted by atomic mass is 9.98. The molecule has 0 unspecified atom stereocenters. The van der Waals surface area contributed by atoms with Crippen LogP contribution in [0.4, 0.5) is 13.2 Å². The van der Waals surface area contributed by atoms with Crippen molar-refractivity contribution in [2.75, 3.05) is 12.0 Å². The summed E-state index contributed by atoms with van der Waals surface area (Å²) in [5.74, 6) is -1.50. The fraction of sp³-hybridized carbons (Fsp3) is 0.500. The molecular weight excluding hydrogens is 233 g/mol. The van der Waals surface area contributed by atoms with Crippen LogP contribution >= 0.6 is 11.8 Å². The Kier molecular flexibility index (Phi) is 5.19. The second-order valence-corrected chi connectivity index (χ2v) is 4.93. The van der Waals surface area contributed by atoms with Crippen molar-refractivity contribution < 1.29 is 13.2 Å². The molecule has 1 aromatic carbocycles. The van der Waals surface area contributed by atoms with Crippen LogP contribution in [0.1, 0.15) is 18.9 Å². The van der Waals surface area contributed by atoms with Gasteiger partial charge in [-0.3, -0.25) is 0 Å². The van der Waals surface area contributed by atoms with Crippen molar-refractivity contribution in [3.63, 3.8) is 0 Å². The number of hydrogen-bond acceptors (Lipinski definition) is 1. The summed E-state index contributed by atoms with van der Waals surface area (Å²) in [6.07, 6.45) is 3.40. The van der Waals surface area contributed by atoms with Crippen LogP contribution in [0.25, 0.3) is 0 Å². The molecule has 0 N–H and O–H groups in total. The van der Waals surface area contributed by atoms with Gasteiger partial charge in [0.2, 0.25) is 0 Å². The summed E-state index contributed by atoms with van der Waals surface area (Å²) < 4.78 is 38.9. The summed E-state index contributed by atoms with van der Waals surface area (Å²) in [7, 11) is 0. The average molecular weight is 248 g/mol. The van der Waals surface area contributed by atoms with E-state index in [9.17, 15) is 13.2 Å². The monoisotopic (exact) mass is 248 g/mol. The van der Waals surface area contributed by atoms with Gasteiger partial charge in [-0.2, -0.15) is 11.8 Å². The Balaban J connectivity index is 2.69. The Morgan fingerprint density at radius 3 is 2.38 bits per heavy atom. The molecule has 0 aromatic heterocycles. The molecule has 0 aliphatic carbocycles. The highest BCUT2D eigenvalue weighted by Gasteiger charge is 2.12. The molecule has 0 fully saturated rings. The molecule has 0 aliphatic heterocycles. The van der Waals surface area contributed by atoms with Crippen LogP contribution in [-0.4, -0.2) is 12.0 Å². The van der Waals surface area contributed by atoms with Gasteiger partial charge in [0.05, 0.1) is 0 Å². The third kappa shape index (κ3) is 3.74. The van der Waals surface area contributed by atoms with E-state index in [0.29, 0.717) is 12.5 Å². The molecule has 0 saturated heterocycles. The van der Waals surface area contributed by atoms with Gasteiger partial charge < -0.3 is 0 Å². The lowest BCUT2D eigenvalue weighted by molar-refractivity contribution is 0.479. The van der Waals surface area contributed by atoms with E-state index in [2.05, 4.69) is 0 Å². The molecule has 0 aliphatic rings. The molecule has 90 valence electrons. The largest absolute Gasteiger partial charge is 0.207 e. The summed E-state index contributed by atoms with van der Waals surface area (Å²) in [4.78, 5) is 0. The minimum Gasteiger partial charge on any atom is -0.207 e. The maximum Gasteiger partial charge on any atom is 0.161 e. The van der Waals surface area contributed by atoms with Crippen LogP contribution in [0.3, 0.4) is 0 Å². The van der Waals surface area contributed by atoms with Gasteiger partial charge in [0.1, 0.15) is 5.82 Å². The number of halogens is 3. The van der Waals surface area contributed by atoms with E-state index in [-0.39, 0.29) is 11.5 Å². The van der Waals surface area contributed by atoms with Crippen molar-refractivity contribution in [3.05, 3.63) is 35.1 Å². The molecule has 4 heteroatoms. The zero-order chi connectivity index (χ0) is 12.1. The Hall–Kier alpha value is -0.640. The first-order valence-corrected chi connectivity index (χ1v) is 6.56. The van der Waals surface area contributed by atoms with Crippen molar-refractivity contribution in [1.82, 2.24) is 0 Å². The van der Waals surface area contributed by atoms with E-state index in [1.165, 1.54) is 0 Å². The van der Waals surface area contributed by atoms with Gasteiger partial charge in [0.25, 0.3) is 0 Å². The van der Waals surface area contributed by atoms with Crippen molar-refractivity contribution in [3.8, 4) is 0 Å². The summed E-state index contributed by atoms with van der Waals surface area (Å²) in [5, 5.41) is 0. The topological polar surface area (TPSA) is 0 Å². The predicted octanol–water partition coefficient (Wildman–Crippen LogP) is 4.04. The van der Waals surface area contributed by atoms with E-state index in [0.717, 1.165) is 18.2 Å². The highest BCUT2D eigenvalue weighted by molar-refractivity contribution is 7.98. The number of thioether (sulfide) groups is 1. The van der Waals surface area contributed by atoms with Crippen LogP contribution in [-0.2, 0) is 6.42 Å². The first kappa shape index (κ1) is 13.4. The molecule has 0 spiro atoms. The van der Waals surface area contributed by atoms with E-state index < -0.39 is 17.5 Å². The molecule has 1 aromatic rings. The lowest BCUT2D eigenvalue weighted by Gasteiger charge is -2.11. The van der Waals surface area contributed by atoms with Crippen LogP contribution < -0.4 is 0 Å². The molecule has 1 rings (SSSR count). The third-order valence-corrected chi connectivity index (χ3v) is 3.12. The maximum atomic E-state index is 13.3. The van der Waals surface area contributed by atoms with Crippen LogP contribution in [0.5, 0.6) is 0 Å². The molecule has 0 nitrogen and oxygen atoms in total. The average Bonchev–Trinajstić information content (AvgIpc) is 2.23. The zero-order valence-corrected chi connectivity index (χ0v) is 10.2. The van der Waals surface area contributed by atoms with Crippen LogP contribution in [0.2, 0.25) is 0 Å². The predicted molar refractivity (Wildman–Crippen MR) is 62.2 cm³/mol. The molecule has 16 heavy (non-hydrogen) atoms. The summed E-state index contributed by atoms with van der Waals surface area (Å²) in [6, 6.07) is 1.58. The number of hydrogen-bond donors (Lipinski definition) is 0. The zero-order valence-electron chi connectivity index (χ0n) is 9.40. The molecule has 1 atom stereocenters. The maximum absolute atomic E-state index is 13.3. The first-order chi connectivity index (χ1) is 7.54. The van der Waals surface area contributed by atoms with Gasteiger partial charge in [0, 0.05) is 6.07 Å². The smallest absolute Gasteiger partial charge is 0.161 e. The summed E-state index contributed by atoms with van der Waals surface area (Å²) >= 11 is 1.72. The molecular formula is C12H15F3S. The Morgan fingerprint density at radius 2 is 1.75 bits per heavy atom. The van der Waals surface area contributed by atoms with Crippen molar-refractivity contribution in [2.45, 2.75) is 19.8 Å². The number of benzene rings is 1. The van der Waals surface area contributed by atoms with Gasteiger partial charge >= 0.3 is 0 Å². The summed E-state index contributed by atoms with van der Waals surface area (Å²) in [5.41, 5.74) is 0.257. The Morgan fingerprint density at radius 1 is 1.12 bits per heavy atom. The second kappa shape index (κ2) is 6.18. The minimum atomic E-state index is -1.13. The van der Waals surface area contributed by atoms with Gasteiger partial charge in [-0.15, -0.1) is 0 Å². The Labute approximate surface area is 98.2 Å². The van der Waals surface area contributed by atoms with E-state index in [1.54, 1.807) is 11.8 Å². The van der Waals surface area contributed by atoms with Gasteiger partial charge in [-0.1, -0.05) is 6.92 Å². The standard InChI is InChI=1S/C12H15F3S/c1-8(3-4-16-2)5-9-6-11(14)12(15)7-10(9)13/h6-8H,3-5H2,1-2H3/t8-/m0/s1. The van der Waals surface area contributed by atoms with E-state index >= 15 is 0 Å². The van der Waals surface area contributed by atoms with Gasteiger partial charge in [-0.25, -0.2) is 13.2 Å². The molecule has 0 saturated carbocycles. The number of rotatable bonds is 5. The Bertz CT molecular complexity index is 352. The lowest BCUT2D eigenvalue weighted by Crippen LogP contribution is -2.04. The minimum absolute atomic E-state index is 0.257. The van der Waals surface area contributed by atoms with E-state index in [1.807, 2.05) is 13.2 Å². The van der Waals surface area contributed by atoms with Crippen LogP contribution in [0.15, 0.2) is 12.1 Å². The second-order valence-electron chi connectivity index (χ2n) is 3.95.